The van der Waals surface area contributed by atoms with Crippen LogP contribution in [0.1, 0.15) is 30.9 Å². The van der Waals surface area contributed by atoms with E-state index >= 15 is 0 Å². The molecular formula is C16H23NO4. The third kappa shape index (κ3) is 3.15. The van der Waals surface area contributed by atoms with Crippen LogP contribution in [0.5, 0.6) is 11.5 Å². The van der Waals surface area contributed by atoms with E-state index in [-0.39, 0.29) is 5.60 Å². The molecule has 5 heteroatoms. The highest BCUT2D eigenvalue weighted by atomic mass is 16.6. The average molecular weight is 293 g/mol. The second-order valence-corrected chi connectivity index (χ2v) is 5.79. The van der Waals surface area contributed by atoms with Crippen LogP contribution in [0.2, 0.25) is 0 Å². The molecule has 0 amide bonds. The SMILES string of the molecule is COC1(CNCC(O)c2ccc3c(c2)OCCO3)CCC1. The van der Waals surface area contributed by atoms with Crippen molar-refractivity contribution < 1.29 is 19.3 Å². The normalized spacial score (nSPS) is 20.7. The quantitative estimate of drug-likeness (QED) is 0.835. The molecule has 2 aliphatic rings. The van der Waals surface area contributed by atoms with E-state index in [4.69, 9.17) is 14.2 Å². The van der Waals surface area contributed by atoms with Crippen LogP contribution in [0.15, 0.2) is 18.2 Å². The average Bonchev–Trinajstić information content (AvgIpc) is 2.49. The summed E-state index contributed by atoms with van der Waals surface area (Å²) >= 11 is 0. The number of hydrogen-bond donors (Lipinski definition) is 2. The van der Waals surface area contributed by atoms with Gasteiger partial charge in [-0.25, -0.2) is 0 Å². The largest absolute Gasteiger partial charge is 0.486 e. The van der Waals surface area contributed by atoms with Crippen molar-refractivity contribution in [3.63, 3.8) is 0 Å². The molecule has 0 bridgehead atoms. The Morgan fingerprint density at radius 2 is 2.05 bits per heavy atom. The molecule has 116 valence electrons. The summed E-state index contributed by atoms with van der Waals surface area (Å²) in [5.41, 5.74) is 0.818. The molecule has 1 unspecified atom stereocenters. The number of fused-ring (bicyclic) bond motifs is 1. The number of ether oxygens (including phenoxy) is 3. The molecule has 1 aliphatic heterocycles. The zero-order chi connectivity index (χ0) is 14.7. The van der Waals surface area contributed by atoms with Gasteiger partial charge in [0.1, 0.15) is 13.2 Å². The fraction of sp³-hybridized carbons (Fsp3) is 0.625. The van der Waals surface area contributed by atoms with E-state index < -0.39 is 6.10 Å². The van der Waals surface area contributed by atoms with E-state index in [9.17, 15) is 5.11 Å². The molecule has 5 nitrogen and oxygen atoms in total. The fourth-order valence-corrected chi connectivity index (χ4v) is 2.85. The zero-order valence-electron chi connectivity index (χ0n) is 12.4. The number of hydrogen-bond acceptors (Lipinski definition) is 5. The molecular weight excluding hydrogens is 270 g/mol. The van der Waals surface area contributed by atoms with Gasteiger partial charge in [-0.15, -0.1) is 0 Å². The van der Waals surface area contributed by atoms with E-state index in [1.54, 1.807) is 7.11 Å². The highest BCUT2D eigenvalue weighted by Crippen LogP contribution is 2.35. The third-order valence-electron chi connectivity index (χ3n) is 4.43. The molecule has 1 fully saturated rings. The molecule has 21 heavy (non-hydrogen) atoms. The third-order valence-corrected chi connectivity index (χ3v) is 4.43. The van der Waals surface area contributed by atoms with Crippen molar-refractivity contribution in [3.8, 4) is 11.5 Å². The molecule has 2 N–H and O–H groups in total. The van der Waals surface area contributed by atoms with Gasteiger partial charge in [0.05, 0.1) is 11.7 Å². The number of benzene rings is 1. The standard InChI is InChI=1S/C16H23NO4/c1-19-16(5-2-6-16)11-17-10-13(18)12-3-4-14-15(9-12)21-8-7-20-14/h3-4,9,13,17-18H,2,5-8,10-11H2,1H3. The zero-order valence-corrected chi connectivity index (χ0v) is 12.4. The molecule has 1 aromatic rings. The second-order valence-electron chi connectivity index (χ2n) is 5.79. The number of methoxy groups -OCH3 is 1. The van der Waals surface area contributed by atoms with Crippen molar-refractivity contribution in [1.29, 1.82) is 0 Å². The first kappa shape index (κ1) is 14.6. The van der Waals surface area contributed by atoms with Crippen LogP contribution in [0.3, 0.4) is 0 Å². The minimum Gasteiger partial charge on any atom is -0.486 e. The van der Waals surface area contributed by atoms with E-state index in [0.717, 1.165) is 30.7 Å². The van der Waals surface area contributed by atoms with E-state index in [1.165, 1.54) is 6.42 Å². The summed E-state index contributed by atoms with van der Waals surface area (Å²) in [6.45, 7) is 2.42. The fourth-order valence-electron chi connectivity index (χ4n) is 2.85. The van der Waals surface area contributed by atoms with Gasteiger partial charge in [-0.2, -0.15) is 0 Å². The molecule has 0 radical (unpaired) electrons. The molecule has 0 saturated heterocycles. The highest BCUT2D eigenvalue weighted by Gasteiger charge is 2.36. The first-order valence-electron chi connectivity index (χ1n) is 7.56. The summed E-state index contributed by atoms with van der Waals surface area (Å²) in [6, 6.07) is 5.60. The van der Waals surface area contributed by atoms with Crippen molar-refractivity contribution in [2.24, 2.45) is 0 Å². The topological polar surface area (TPSA) is 60.0 Å². The maximum atomic E-state index is 10.3. The summed E-state index contributed by atoms with van der Waals surface area (Å²) in [4.78, 5) is 0. The Balaban J connectivity index is 1.54. The van der Waals surface area contributed by atoms with Gasteiger partial charge in [-0.3, -0.25) is 0 Å². The molecule has 3 rings (SSSR count). The predicted molar refractivity (Wildman–Crippen MR) is 78.9 cm³/mol. The lowest BCUT2D eigenvalue weighted by molar-refractivity contribution is -0.0703. The lowest BCUT2D eigenvalue weighted by Gasteiger charge is -2.40. The maximum Gasteiger partial charge on any atom is 0.161 e. The monoisotopic (exact) mass is 293 g/mol. The van der Waals surface area contributed by atoms with Crippen molar-refractivity contribution in [3.05, 3.63) is 23.8 Å². The van der Waals surface area contributed by atoms with Gasteiger partial charge < -0.3 is 24.6 Å². The smallest absolute Gasteiger partial charge is 0.161 e. The van der Waals surface area contributed by atoms with Gasteiger partial charge in [0.25, 0.3) is 0 Å². The Morgan fingerprint density at radius 3 is 2.71 bits per heavy atom. The summed E-state index contributed by atoms with van der Waals surface area (Å²) in [5, 5.41) is 13.6. The number of nitrogens with one attached hydrogen (secondary N) is 1. The maximum absolute atomic E-state index is 10.3. The van der Waals surface area contributed by atoms with Gasteiger partial charge >= 0.3 is 0 Å². The summed E-state index contributed by atoms with van der Waals surface area (Å²) in [7, 11) is 1.76. The van der Waals surface area contributed by atoms with Crippen LogP contribution in [-0.4, -0.2) is 44.1 Å². The Labute approximate surface area is 125 Å². The van der Waals surface area contributed by atoms with Gasteiger partial charge in [0, 0.05) is 20.2 Å². The minimum atomic E-state index is -0.560. The van der Waals surface area contributed by atoms with Crippen molar-refractivity contribution >= 4 is 0 Å². The molecule has 0 spiro atoms. The molecule has 1 atom stereocenters. The summed E-state index contributed by atoms with van der Waals surface area (Å²) in [5.74, 6) is 1.46. The van der Waals surface area contributed by atoms with Gasteiger partial charge in [-0.1, -0.05) is 6.07 Å². The van der Waals surface area contributed by atoms with Gasteiger partial charge in [0.15, 0.2) is 11.5 Å². The van der Waals surface area contributed by atoms with Crippen molar-refractivity contribution in [1.82, 2.24) is 5.32 Å². The lowest BCUT2D eigenvalue weighted by atomic mass is 9.80. The highest BCUT2D eigenvalue weighted by molar-refractivity contribution is 5.44. The number of aliphatic hydroxyl groups excluding tert-OH is 1. The predicted octanol–water partition coefficient (Wildman–Crippen LogP) is 1.65. The van der Waals surface area contributed by atoms with Crippen LogP contribution in [0.25, 0.3) is 0 Å². The lowest BCUT2D eigenvalue weighted by Crippen LogP contribution is -2.48. The van der Waals surface area contributed by atoms with Gasteiger partial charge in [-0.05, 0) is 37.0 Å². The van der Waals surface area contributed by atoms with Crippen LogP contribution in [0.4, 0.5) is 0 Å². The summed E-state index contributed by atoms with van der Waals surface area (Å²) in [6.07, 6.45) is 2.85. The first-order chi connectivity index (χ1) is 10.2. The Kier molecular flexibility index (Phi) is 4.33. The molecule has 1 saturated carbocycles. The Bertz CT molecular complexity index is 482. The first-order valence-corrected chi connectivity index (χ1v) is 7.56. The molecule has 1 aromatic carbocycles. The van der Waals surface area contributed by atoms with Crippen molar-refractivity contribution in [2.45, 2.75) is 31.0 Å². The Hall–Kier alpha value is -1.30. The van der Waals surface area contributed by atoms with E-state index in [1.807, 2.05) is 18.2 Å². The molecule has 1 heterocycles. The van der Waals surface area contributed by atoms with Crippen LogP contribution in [-0.2, 0) is 4.74 Å². The van der Waals surface area contributed by atoms with Crippen LogP contribution in [0, 0.1) is 0 Å². The van der Waals surface area contributed by atoms with Crippen LogP contribution < -0.4 is 14.8 Å². The van der Waals surface area contributed by atoms with Crippen LogP contribution >= 0.6 is 0 Å². The molecule has 0 aromatic heterocycles. The van der Waals surface area contributed by atoms with E-state index in [0.29, 0.717) is 25.5 Å². The van der Waals surface area contributed by atoms with E-state index in [2.05, 4.69) is 5.32 Å². The van der Waals surface area contributed by atoms with Gasteiger partial charge in [0.2, 0.25) is 0 Å². The Morgan fingerprint density at radius 1 is 1.29 bits per heavy atom. The van der Waals surface area contributed by atoms with Crippen molar-refractivity contribution in [2.75, 3.05) is 33.4 Å². The summed E-state index contributed by atoms with van der Waals surface area (Å²) < 4.78 is 16.6. The number of aliphatic hydroxyl groups is 1. The molecule has 1 aliphatic carbocycles. The number of rotatable bonds is 6. The minimum absolute atomic E-state index is 0.0213. The second kappa shape index (κ2) is 6.22.